The van der Waals surface area contributed by atoms with E-state index < -0.39 is 5.60 Å². The first-order valence-corrected chi connectivity index (χ1v) is 8.59. The van der Waals surface area contributed by atoms with Crippen molar-refractivity contribution in [3.63, 3.8) is 0 Å². The molecule has 5 heteroatoms. The van der Waals surface area contributed by atoms with E-state index in [2.05, 4.69) is 36.4 Å². The van der Waals surface area contributed by atoms with Crippen LogP contribution < -0.4 is 10.6 Å². The zero-order valence-corrected chi connectivity index (χ0v) is 15.2. The number of nitrogens with one attached hydrogen (secondary N) is 2. The summed E-state index contributed by atoms with van der Waals surface area (Å²) in [4.78, 5) is 14.2. The highest BCUT2D eigenvalue weighted by molar-refractivity contribution is 5.67. The lowest BCUT2D eigenvalue weighted by atomic mass is 10.0. The molecule has 0 aromatic rings. The number of hydrogen-bond acceptors (Lipinski definition) is 4. The van der Waals surface area contributed by atoms with Crippen molar-refractivity contribution in [2.45, 2.75) is 71.6 Å². The van der Waals surface area contributed by atoms with Crippen LogP contribution in [0.4, 0.5) is 4.79 Å². The fourth-order valence-corrected chi connectivity index (χ4v) is 2.70. The molecule has 0 radical (unpaired) electrons. The van der Waals surface area contributed by atoms with Crippen LogP contribution in [-0.4, -0.2) is 55.4 Å². The minimum Gasteiger partial charge on any atom is -0.444 e. The van der Waals surface area contributed by atoms with Crippen LogP contribution >= 0.6 is 0 Å². The number of carbonyl (C=O) groups is 1. The second kappa shape index (κ2) is 8.73. The summed E-state index contributed by atoms with van der Waals surface area (Å²) in [6.07, 6.45) is 3.28. The Labute approximate surface area is 136 Å². The lowest BCUT2D eigenvalue weighted by Gasteiger charge is -2.29. The standard InChI is InChI=1S/C17H35N3O2/c1-13(2)15(12-18-16(21)22-17(3,4)5)19-14-8-7-10-20(6)11-9-14/h13-15,19H,7-12H2,1-6H3,(H,18,21). The molecule has 1 saturated heterocycles. The van der Waals surface area contributed by atoms with Gasteiger partial charge in [-0.25, -0.2) is 4.79 Å². The van der Waals surface area contributed by atoms with Gasteiger partial charge in [-0.2, -0.15) is 0 Å². The first-order chi connectivity index (χ1) is 10.2. The monoisotopic (exact) mass is 313 g/mol. The summed E-state index contributed by atoms with van der Waals surface area (Å²) in [5, 5.41) is 6.64. The fraction of sp³-hybridized carbons (Fsp3) is 0.941. The number of likely N-dealkylation sites (tertiary alicyclic amines) is 1. The molecule has 1 rings (SSSR count). The van der Waals surface area contributed by atoms with Gasteiger partial charge in [-0.15, -0.1) is 0 Å². The molecule has 1 fully saturated rings. The second-order valence-electron chi connectivity index (χ2n) is 7.83. The Kier molecular flexibility index (Phi) is 7.63. The van der Waals surface area contributed by atoms with Gasteiger partial charge in [0.2, 0.25) is 0 Å². The van der Waals surface area contributed by atoms with Crippen molar-refractivity contribution in [3.05, 3.63) is 0 Å². The van der Waals surface area contributed by atoms with Crippen LogP contribution in [-0.2, 0) is 4.74 Å². The molecular formula is C17H35N3O2. The first kappa shape index (κ1) is 19.2. The van der Waals surface area contributed by atoms with Crippen molar-refractivity contribution in [1.29, 1.82) is 0 Å². The number of rotatable bonds is 5. The molecule has 130 valence electrons. The predicted octanol–water partition coefficient (Wildman–Crippen LogP) is 2.61. The number of alkyl carbamates (subject to hydrolysis) is 1. The summed E-state index contributed by atoms with van der Waals surface area (Å²) in [5.74, 6) is 0.468. The van der Waals surface area contributed by atoms with Crippen LogP contribution in [0.15, 0.2) is 0 Å². The van der Waals surface area contributed by atoms with Crippen molar-refractivity contribution in [1.82, 2.24) is 15.5 Å². The van der Waals surface area contributed by atoms with Crippen molar-refractivity contribution in [2.24, 2.45) is 5.92 Å². The SMILES string of the molecule is CC(C)C(CNC(=O)OC(C)(C)C)NC1CCCN(C)CC1. The Morgan fingerprint density at radius 1 is 1.27 bits per heavy atom. The molecule has 0 aromatic carbocycles. The van der Waals surface area contributed by atoms with Gasteiger partial charge in [0.05, 0.1) is 0 Å². The number of hydrogen-bond donors (Lipinski definition) is 2. The molecule has 22 heavy (non-hydrogen) atoms. The van der Waals surface area contributed by atoms with Gasteiger partial charge < -0.3 is 20.3 Å². The highest BCUT2D eigenvalue weighted by Crippen LogP contribution is 2.13. The van der Waals surface area contributed by atoms with Crippen LogP contribution in [0.5, 0.6) is 0 Å². The second-order valence-corrected chi connectivity index (χ2v) is 7.83. The van der Waals surface area contributed by atoms with Crippen LogP contribution in [0.3, 0.4) is 0 Å². The van der Waals surface area contributed by atoms with E-state index in [4.69, 9.17) is 4.74 Å². The fourth-order valence-electron chi connectivity index (χ4n) is 2.70. The molecule has 0 spiro atoms. The van der Waals surface area contributed by atoms with E-state index in [1.54, 1.807) is 0 Å². The maximum Gasteiger partial charge on any atom is 0.407 e. The minimum atomic E-state index is -0.448. The molecule has 1 heterocycles. The van der Waals surface area contributed by atoms with Gasteiger partial charge in [-0.05, 0) is 66.1 Å². The smallest absolute Gasteiger partial charge is 0.407 e. The van der Waals surface area contributed by atoms with E-state index in [-0.39, 0.29) is 12.1 Å². The molecule has 0 bridgehead atoms. The average Bonchev–Trinajstić information content (AvgIpc) is 2.57. The van der Waals surface area contributed by atoms with Gasteiger partial charge in [-0.1, -0.05) is 13.8 Å². The summed E-state index contributed by atoms with van der Waals surface area (Å²) >= 11 is 0. The molecule has 2 unspecified atom stereocenters. The van der Waals surface area contributed by atoms with Crippen LogP contribution in [0, 0.1) is 5.92 Å². The van der Waals surface area contributed by atoms with Gasteiger partial charge in [0, 0.05) is 18.6 Å². The molecular weight excluding hydrogens is 278 g/mol. The van der Waals surface area contributed by atoms with E-state index in [1.165, 1.54) is 25.8 Å². The van der Waals surface area contributed by atoms with Crippen LogP contribution in [0.2, 0.25) is 0 Å². The maximum absolute atomic E-state index is 11.8. The van der Waals surface area contributed by atoms with E-state index in [9.17, 15) is 4.79 Å². The molecule has 0 aromatic heterocycles. The lowest BCUT2D eigenvalue weighted by molar-refractivity contribution is 0.0518. The average molecular weight is 313 g/mol. The first-order valence-electron chi connectivity index (χ1n) is 8.59. The number of carbonyl (C=O) groups excluding carboxylic acids is 1. The molecule has 0 saturated carbocycles. The normalized spacial score (nSPS) is 22.2. The molecule has 5 nitrogen and oxygen atoms in total. The van der Waals surface area contributed by atoms with Gasteiger partial charge in [0.25, 0.3) is 0 Å². The summed E-state index contributed by atoms with van der Waals surface area (Å²) in [7, 11) is 2.19. The van der Waals surface area contributed by atoms with Gasteiger partial charge >= 0.3 is 6.09 Å². The molecule has 2 atom stereocenters. The van der Waals surface area contributed by atoms with E-state index in [1.807, 2.05) is 20.8 Å². The predicted molar refractivity (Wildman–Crippen MR) is 91.1 cm³/mol. The molecule has 1 amide bonds. The van der Waals surface area contributed by atoms with Crippen LogP contribution in [0.25, 0.3) is 0 Å². The number of ether oxygens (including phenoxy) is 1. The molecule has 0 aliphatic carbocycles. The Hall–Kier alpha value is -0.810. The van der Waals surface area contributed by atoms with E-state index in [0.717, 1.165) is 6.54 Å². The third-order valence-corrected chi connectivity index (χ3v) is 4.07. The van der Waals surface area contributed by atoms with Crippen LogP contribution in [0.1, 0.15) is 53.9 Å². The van der Waals surface area contributed by atoms with E-state index in [0.29, 0.717) is 18.5 Å². The topological polar surface area (TPSA) is 53.6 Å². The van der Waals surface area contributed by atoms with Crippen molar-refractivity contribution < 1.29 is 9.53 Å². The summed E-state index contributed by atoms with van der Waals surface area (Å²) in [6.45, 7) is 13.0. The lowest BCUT2D eigenvalue weighted by Crippen LogP contribution is -2.49. The minimum absolute atomic E-state index is 0.279. The Bertz CT molecular complexity index is 339. The number of amides is 1. The Morgan fingerprint density at radius 3 is 2.55 bits per heavy atom. The van der Waals surface area contributed by atoms with Crippen molar-refractivity contribution in [2.75, 3.05) is 26.7 Å². The molecule has 1 aliphatic heterocycles. The van der Waals surface area contributed by atoms with Crippen molar-refractivity contribution in [3.8, 4) is 0 Å². The van der Waals surface area contributed by atoms with Gasteiger partial charge in [-0.3, -0.25) is 0 Å². The summed E-state index contributed by atoms with van der Waals surface area (Å²) < 4.78 is 5.31. The molecule has 2 N–H and O–H groups in total. The zero-order chi connectivity index (χ0) is 16.8. The summed E-state index contributed by atoms with van der Waals surface area (Å²) in [6, 6.07) is 0.818. The van der Waals surface area contributed by atoms with Crippen molar-refractivity contribution >= 4 is 6.09 Å². The third-order valence-electron chi connectivity index (χ3n) is 4.07. The summed E-state index contributed by atoms with van der Waals surface area (Å²) in [5.41, 5.74) is -0.448. The Morgan fingerprint density at radius 2 is 1.95 bits per heavy atom. The number of nitrogens with zero attached hydrogens (tertiary/aromatic N) is 1. The Balaban J connectivity index is 2.43. The largest absolute Gasteiger partial charge is 0.444 e. The van der Waals surface area contributed by atoms with Gasteiger partial charge in [0.15, 0.2) is 0 Å². The third kappa shape index (κ3) is 7.99. The quantitative estimate of drug-likeness (QED) is 0.819. The van der Waals surface area contributed by atoms with E-state index >= 15 is 0 Å². The highest BCUT2D eigenvalue weighted by Gasteiger charge is 2.22. The van der Waals surface area contributed by atoms with Gasteiger partial charge in [0.1, 0.15) is 5.60 Å². The highest BCUT2D eigenvalue weighted by atomic mass is 16.6. The zero-order valence-electron chi connectivity index (χ0n) is 15.2. The molecule has 1 aliphatic rings. The maximum atomic E-state index is 11.8.